The number of methoxy groups -OCH3 is 1. The van der Waals surface area contributed by atoms with Crippen molar-refractivity contribution >= 4 is 11.6 Å². The highest BCUT2D eigenvalue weighted by Gasteiger charge is 2.23. The summed E-state index contributed by atoms with van der Waals surface area (Å²) in [5.74, 6) is 2.34. The van der Waals surface area contributed by atoms with Gasteiger partial charge in [0.05, 0.1) is 7.11 Å². The summed E-state index contributed by atoms with van der Waals surface area (Å²) in [5.41, 5.74) is 4.24. The van der Waals surface area contributed by atoms with E-state index in [4.69, 9.17) is 9.47 Å². The van der Waals surface area contributed by atoms with Gasteiger partial charge < -0.3 is 14.8 Å². The van der Waals surface area contributed by atoms with Crippen LogP contribution in [-0.4, -0.2) is 21.9 Å². The first-order valence-electron chi connectivity index (χ1n) is 10.1. The van der Waals surface area contributed by atoms with E-state index in [1.807, 2.05) is 59.3 Å². The number of benzene rings is 3. The molecule has 0 fully saturated rings. The number of hydrogen-bond acceptors (Lipinski definition) is 5. The highest BCUT2D eigenvalue weighted by Crippen LogP contribution is 2.33. The third kappa shape index (κ3) is 4.00. The zero-order chi connectivity index (χ0) is 21.0. The molecule has 1 aliphatic heterocycles. The Bertz CT molecular complexity index is 1200. The number of aromatic nitrogens is 3. The Balaban J connectivity index is 1.40. The Hall–Kier alpha value is -4.06. The summed E-state index contributed by atoms with van der Waals surface area (Å²) in [6.45, 7) is 0.542. The summed E-state index contributed by atoms with van der Waals surface area (Å²) in [6, 6.07) is 26.2. The number of fused-ring (bicyclic) bond motifs is 1. The molecule has 5 rings (SSSR count). The standard InChI is InChI=1S/C25H22N4O2/c1-30-22-9-5-8-20(14-22)23-15-24(29-25(28-23)26-17-27-29)19-10-12-21(13-11-19)31-16-18-6-3-2-4-7-18/h2-15,17,24H,16H2,1H3,(H,26,27,28)/t24-/m0/s1. The fraction of sp³-hybridized carbons (Fsp3) is 0.120. The largest absolute Gasteiger partial charge is 0.497 e. The smallest absolute Gasteiger partial charge is 0.226 e. The predicted molar refractivity (Wildman–Crippen MR) is 120 cm³/mol. The highest BCUT2D eigenvalue weighted by atomic mass is 16.5. The molecule has 1 aromatic heterocycles. The molecule has 31 heavy (non-hydrogen) atoms. The summed E-state index contributed by atoms with van der Waals surface area (Å²) < 4.78 is 13.2. The van der Waals surface area contributed by atoms with Crippen LogP contribution >= 0.6 is 0 Å². The van der Waals surface area contributed by atoms with Gasteiger partial charge in [0.25, 0.3) is 0 Å². The molecule has 2 heterocycles. The average molecular weight is 410 g/mol. The summed E-state index contributed by atoms with van der Waals surface area (Å²) in [7, 11) is 1.67. The second-order valence-corrected chi connectivity index (χ2v) is 7.25. The van der Waals surface area contributed by atoms with E-state index >= 15 is 0 Å². The molecule has 0 saturated carbocycles. The van der Waals surface area contributed by atoms with Gasteiger partial charge in [-0.05, 0) is 41.5 Å². The number of rotatable bonds is 6. The van der Waals surface area contributed by atoms with Gasteiger partial charge in [-0.2, -0.15) is 10.1 Å². The Kier molecular flexibility index (Phi) is 5.10. The van der Waals surface area contributed by atoms with Gasteiger partial charge in [-0.3, -0.25) is 0 Å². The molecule has 0 radical (unpaired) electrons. The van der Waals surface area contributed by atoms with Crippen LogP contribution in [0.15, 0.2) is 91.3 Å². The van der Waals surface area contributed by atoms with Crippen LogP contribution in [0.3, 0.4) is 0 Å². The van der Waals surface area contributed by atoms with Crippen LogP contribution in [0.2, 0.25) is 0 Å². The van der Waals surface area contributed by atoms with Crippen LogP contribution in [0.1, 0.15) is 22.7 Å². The van der Waals surface area contributed by atoms with Crippen LogP contribution in [0.5, 0.6) is 11.5 Å². The first-order valence-corrected chi connectivity index (χ1v) is 10.1. The molecule has 4 aromatic rings. The Morgan fingerprint density at radius 2 is 1.77 bits per heavy atom. The Labute approximate surface area is 180 Å². The van der Waals surface area contributed by atoms with Crippen LogP contribution in [-0.2, 0) is 6.61 Å². The van der Waals surface area contributed by atoms with E-state index in [0.717, 1.165) is 33.9 Å². The molecule has 1 aliphatic rings. The molecular formula is C25H22N4O2. The number of nitrogens with zero attached hydrogens (tertiary/aromatic N) is 3. The maximum atomic E-state index is 5.93. The van der Waals surface area contributed by atoms with Crippen molar-refractivity contribution in [2.24, 2.45) is 0 Å². The van der Waals surface area contributed by atoms with Gasteiger partial charge in [0, 0.05) is 11.3 Å². The van der Waals surface area contributed by atoms with Crippen LogP contribution < -0.4 is 14.8 Å². The van der Waals surface area contributed by atoms with Gasteiger partial charge in [0.1, 0.15) is 30.5 Å². The van der Waals surface area contributed by atoms with E-state index in [9.17, 15) is 0 Å². The SMILES string of the molecule is COc1cccc(C2=C[C@@H](c3ccc(OCc4ccccc4)cc3)n3ncnc3N2)c1. The minimum absolute atomic E-state index is 0.0804. The molecule has 1 atom stereocenters. The number of ether oxygens (including phenoxy) is 2. The molecule has 0 saturated heterocycles. The fourth-order valence-electron chi connectivity index (χ4n) is 3.63. The zero-order valence-electron chi connectivity index (χ0n) is 17.1. The molecule has 0 aliphatic carbocycles. The quantitative estimate of drug-likeness (QED) is 0.489. The monoisotopic (exact) mass is 410 g/mol. The van der Waals surface area contributed by atoms with Crippen LogP contribution in [0.25, 0.3) is 5.70 Å². The van der Waals surface area contributed by atoms with Gasteiger partial charge in [0.15, 0.2) is 0 Å². The van der Waals surface area contributed by atoms with Crippen molar-refractivity contribution in [2.45, 2.75) is 12.6 Å². The van der Waals surface area contributed by atoms with Crippen molar-refractivity contribution in [1.29, 1.82) is 0 Å². The van der Waals surface area contributed by atoms with E-state index in [1.165, 1.54) is 0 Å². The summed E-state index contributed by atoms with van der Waals surface area (Å²) in [6.07, 6.45) is 3.71. The topological polar surface area (TPSA) is 61.2 Å². The predicted octanol–water partition coefficient (Wildman–Crippen LogP) is 4.92. The molecule has 0 spiro atoms. The third-order valence-electron chi connectivity index (χ3n) is 5.26. The van der Waals surface area contributed by atoms with Gasteiger partial charge >= 0.3 is 0 Å². The molecule has 6 heteroatoms. The van der Waals surface area contributed by atoms with Crippen molar-refractivity contribution in [3.63, 3.8) is 0 Å². The molecule has 0 amide bonds. The van der Waals surface area contributed by atoms with E-state index in [0.29, 0.717) is 12.6 Å². The van der Waals surface area contributed by atoms with Gasteiger partial charge in [-0.25, -0.2) is 4.68 Å². The summed E-state index contributed by atoms with van der Waals surface area (Å²) >= 11 is 0. The average Bonchev–Trinajstić information content (AvgIpc) is 3.32. The number of anilines is 1. The van der Waals surface area contributed by atoms with E-state index in [2.05, 4.69) is 45.7 Å². The fourth-order valence-corrected chi connectivity index (χ4v) is 3.63. The van der Waals surface area contributed by atoms with Gasteiger partial charge in [-0.15, -0.1) is 0 Å². The minimum atomic E-state index is -0.0804. The lowest BCUT2D eigenvalue weighted by Crippen LogP contribution is -2.20. The summed E-state index contributed by atoms with van der Waals surface area (Å²) in [5, 5.41) is 7.78. The van der Waals surface area contributed by atoms with Crippen LogP contribution in [0, 0.1) is 0 Å². The van der Waals surface area contributed by atoms with E-state index in [-0.39, 0.29) is 6.04 Å². The van der Waals surface area contributed by atoms with E-state index < -0.39 is 0 Å². The highest BCUT2D eigenvalue weighted by molar-refractivity contribution is 5.77. The van der Waals surface area contributed by atoms with Crippen molar-refractivity contribution in [3.8, 4) is 11.5 Å². The lowest BCUT2D eigenvalue weighted by molar-refractivity contribution is 0.306. The molecule has 154 valence electrons. The Morgan fingerprint density at radius 1 is 0.935 bits per heavy atom. The molecule has 1 N–H and O–H groups in total. The number of hydrogen-bond donors (Lipinski definition) is 1. The molecule has 3 aromatic carbocycles. The second-order valence-electron chi connectivity index (χ2n) is 7.25. The molecule has 6 nitrogen and oxygen atoms in total. The van der Waals surface area contributed by atoms with Crippen molar-refractivity contribution in [3.05, 3.63) is 108 Å². The second kappa shape index (κ2) is 8.36. The number of nitrogens with one attached hydrogen (secondary N) is 1. The Morgan fingerprint density at radius 3 is 2.58 bits per heavy atom. The van der Waals surface area contributed by atoms with E-state index in [1.54, 1.807) is 13.4 Å². The van der Waals surface area contributed by atoms with Crippen molar-refractivity contribution < 1.29 is 9.47 Å². The number of allylic oxidation sites excluding steroid dienone is 1. The maximum Gasteiger partial charge on any atom is 0.226 e. The van der Waals surface area contributed by atoms with Crippen molar-refractivity contribution in [2.75, 3.05) is 12.4 Å². The lowest BCUT2D eigenvalue weighted by Gasteiger charge is -2.24. The van der Waals surface area contributed by atoms with Gasteiger partial charge in [0.2, 0.25) is 5.95 Å². The van der Waals surface area contributed by atoms with Gasteiger partial charge in [-0.1, -0.05) is 54.6 Å². The normalized spacial score (nSPS) is 14.9. The molecule has 0 bridgehead atoms. The minimum Gasteiger partial charge on any atom is -0.497 e. The molecule has 0 unspecified atom stereocenters. The zero-order valence-corrected chi connectivity index (χ0v) is 17.1. The van der Waals surface area contributed by atoms with Crippen molar-refractivity contribution in [1.82, 2.24) is 14.8 Å². The first-order chi connectivity index (χ1) is 15.3. The maximum absolute atomic E-state index is 5.93. The van der Waals surface area contributed by atoms with Crippen LogP contribution in [0.4, 0.5) is 5.95 Å². The summed E-state index contributed by atoms with van der Waals surface area (Å²) in [4.78, 5) is 4.38. The third-order valence-corrected chi connectivity index (χ3v) is 5.26. The lowest BCUT2D eigenvalue weighted by atomic mass is 10.0. The first kappa shape index (κ1) is 18.9. The molecular weight excluding hydrogens is 388 g/mol.